The molecule has 5 heteroatoms. The minimum absolute atomic E-state index is 0.0904. The van der Waals surface area contributed by atoms with Gasteiger partial charge in [0.2, 0.25) is 0 Å². The lowest BCUT2D eigenvalue weighted by atomic mass is 9.97. The summed E-state index contributed by atoms with van der Waals surface area (Å²) in [5.74, 6) is 0.0904. The minimum Gasteiger partial charge on any atom is -0.383 e. The van der Waals surface area contributed by atoms with Crippen LogP contribution >= 0.6 is 0 Å². The molecule has 1 aliphatic rings. The highest BCUT2D eigenvalue weighted by Gasteiger charge is 2.13. The SMILES string of the molecule is COCCNC(O)CCC(=O)c1ccc2c(c1)CCNCC2. The van der Waals surface area contributed by atoms with Crippen molar-refractivity contribution in [1.29, 1.82) is 0 Å². The Morgan fingerprint density at radius 2 is 2.14 bits per heavy atom. The monoisotopic (exact) mass is 306 g/mol. The van der Waals surface area contributed by atoms with E-state index in [0.29, 0.717) is 26.0 Å². The summed E-state index contributed by atoms with van der Waals surface area (Å²) in [6, 6.07) is 6.01. The average molecular weight is 306 g/mol. The molecular weight excluding hydrogens is 280 g/mol. The van der Waals surface area contributed by atoms with Crippen molar-refractivity contribution < 1.29 is 14.6 Å². The van der Waals surface area contributed by atoms with Gasteiger partial charge < -0.3 is 15.2 Å². The van der Waals surface area contributed by atoms with Gasteiger partial charge >= 0.3 is 0 Å². The van der Waals surface area contributed by atoms with Gasteiger partial charge in [-0.25, -0.2) is 0 Å². The van der Waals surface area contributed by atoms with Crippen LogP contribution in [-0.4, -0.2) is 50.5 Å². The molecule has 1 unspecified atom stereocenters. The maximum Gasteiger partial charge on any atom is 0.163 e. The molecule has 3 N–H and O–H groups in total. The zero-order valence-electron chi connectivity index (χ0n) is 13.2. The Labute approximate surface area is 132 Å². The van der Waals surface area contributed by atoms with E-state index < -0.39 is 6.23 Å². The molecule has 22 heavy (non-hydrogen) atoms. The fourth-order valence-corrected chi connectivity index (χ4v) is 2.69. The number of methoxy groups -OCH3 is 1. The third-order valence-electron chi connectivity index (χ3n) is 4.00. The van der Waals surface area contributed by atoms with E-state index in [-0.39, 0.29) is 5.78 Å². The lowest BCUT2D eigenvalue weighted by Gasteiger charge is -2.12. The van der Waals surface area contributed by atoms with Gasteiger partial charge in [0, 0.05) is 25.6 Å². The first-order valence-electron chi connectivity index (χ1n) is 7.97. The van der Waals surface area contributed by atoms with Crippen molar-refractivity contribution in [2.45, 2.75) is 31.9 Å². The van der Waals surface area contributed by atoms with E-state index in [1.807, 2.05) is 12.1 Å². The van der Waals surface area contributed by atoms with E-state index in [0.717, 1.165) is 31.5 Å². The van der Waals surface area contributed by atoms with Crippen molar-refractivity contribution in [3.8, 4) is 0 Å². The maximum atomic E-state index is 12.3. The zero-order valence-corrected chi connectivity index (χ0v) is 13.2. The first-order valence-corrected chi connectivity index (χ1v) is 7.97. The second-order valence-corrected chi connectivity index (χ2v) is 5.66. The van der Waals surface area contributed by atoms with Crippen LogP contribution in [0.2, 0.25) is 0 Å². The maximum absolute atomic E-state index is 12.3. The molecule has 0 radical (unpaired) electrons. The summed E-state index contributed by atoms with van der Waals surface area (Å²) in [5, 5.41) is 16.1. The highest BCUT2D eigenvalue weighted by molar-refractivity contribution is 5.96. The summed E-state index contributed by atoms with van der Waals surface area (Å²) in [7, 11) is 1.62. The molecule has 0 saturated heterocycles. The summed E-state index contributed by atoms with van der Waals surface area (Å²) in [6.07, 6.45) is 2.09. The Morgan fingerprint density at radius 3 is 2.91 bits per heavy atom. The molecule has 1 aliphatic heterocycles. The molecule has 0 spiro atoms. The molecule has 2 rings (SSSR count). The Morgan fingerprint density at radius 1 is 1.36 bits per heavy atom. The molecule has 1 heterocycles. The number of hydrogen-bond donors (Lipinski definition) is 3. The summed E-state index contributed by atoms with van der Waals surface area (Å²) in [4.78, 5) is 12.3. The topological polar surface area (TPSA) is 70.6 Å². The molecule has 0 aromatic heterocycles. The number of nitrogens with one attached hydrogen (secondary N) is 2. The molecule has 0 aliphatic carbocycles. The van der Waals surface area contributed by atoms with Gasteiger partial charge in [0.05, 0.1) is 6.61 Å². The van der Waals surface area contributed by atoms with Crippen LogP contribution in [0.1, 0.15) is 34.3 Å². The van der Waals surface area contributed by atoms with Gasteiger partial charge in [-0.15, -0.1) is 0 Å². The Hall–Kier alpha value is -1.27. The van der Waals surface area contributed by atoms with Crippen LogP contribution < -0.4 is 10.6 Å². The Balaban J connectivity index is 1.86. The summed E-state index contributed by atoms with van der Waals surface area (Å²) in [5.41, 5.74) is 3.36. The number of aliphatic hydroxyl groups excluding tert-OH is 1. The normalized spacial score (nSPS) is 15.9. The van der Waals surface area contributed by atoms with Gasteiger partial charge in [0.1, 0.15) is 6.23 Å². The number of Topliss-reactive ketones (excluding diaryl/α,β-unsaturated/α-hetero) is 1. The number of benzene rings is 1. The minimum atomic E-state index is -0.663. The van der Waals surface area contributed by atoms with Crippen LogP contribution in [0, 0.1) is 0 Å². The largest absolute Gasteiger partial charge is 0.383 e. The van der Waals surface area contributed by atoms with Gasteiger partial charge in [-0.3, -0.25) is 10.1 Å². The lowest BCUT2D eigenvalue weighted by molar-refractivity contribution is 0.0875. The first-order chi connectivity index (χ1) is 10.7. The van der Waals surface area contributed by atoms with E-state index in [1.165, 1.54) is 11.1 Å². The number of fused-ring (bicyclic) bond motifs is 1. The predicted molar refractivity (Wildman–Crippen MR) is 86.2 cm³/mol. The van der Waals surface area contributed by atoms with Crippen LogP contribution in [0.25, 0.3) is 0 Å². The number of carbonyl (C=O) groups excluding carboxylic acids is 1. The molecule has 5 nitrogen and oxygen atoms in total. The highest BCUT2D eigenvalue weighted by Crippen LogP contribution is 2.17. The molecule has 0 amide bonds. The molecule has 1 aromatic carbocycles. The van der Waals surface area contributed by atoms with Crippen LogP contribution in [0.15, 0.2) is 18.2 Å². The van der Waals surface area contributed by atoms with Gasteiger partial charge in [-0.05, 0) is 49.5 Å². The number of ketones is 1. The third kappa shape index (κ3) is 5.18. The van der Waals surface area contributed by atoms with Crippen LogP contribution in [0.3, 0.4) is 0 Å². The van der Waals surface area contributed by atoms with Crippen LogP contribution in [0.4, 0.5) is 0 Å². The quantitative estimate of drug-likeness (QED) is 0.378. The van der Waals surface area contributed by atoms with Crippen molar-refractivity contribution >= 4 is 5.78 Å². The van der Waals surface area contributed by atoms with E-state index in [9.17, 15) is 9.90 Å². The fraction of sp³-hybridized carbons (Fsp3) is 0.588. The van der Waals surface area contributed by atoms with Crippen molar-refractivity contribution in [1.82, 2.24) is 10.6 Å². The molecule has 0 bridgehead atoms. The smallest absolute Gasteiger partial charge is 0.163 e. The standard InChI is InChI=1S/C17H26N2O3/c1-22-11-10-19-17(21)5-4-16(20)15-3-2-13-6-8-18-9-7-14(13)12-15/h2-3,12,17-19,21H,4-11H2,1H3. The Kier molecular flexibility index (Phi) is 6.99. The number of hydrogen-bond acceptors (Lipinski definition) is 5. The Bertz CT molecular complexity index is 491. The van der Waals surface area contributed by atoms with Gasteiger partial charge in [-0.1, -0.05) is 12.1 Å². The predicted octanol–water partition coefficient (Wildman–Crippen LogP) is 0.892. The molecular formula is C17H26N2O3. The molecule has 0 fully saturated rings. The lowest BCUT2D eigenvalue weighted by Crippen LogP contribution is -2.32. The molecule has 0 saturated carbocycles. The average Bonchev–Trinajstić information content (AvgIpc) is 2.77. The summed E-state index contributed by atoms with van der Waals surface area (Å²) >= 11 is 0. The number of rotatable bonds is 8. The number of aliphatic hydroxyl groups is 1. The van der Waals surface area contributed by atoms with E-state index >= 15 is 0 Å². The van der Waals surface area contributed by atoms with Gasteiger partial charge in [0.15, 0.2) is 5.78 Å². The van der Waals surface area contributed by atoms with E-state index in [4.69, 9.17) is 4.74 Å². The molecule has 1 atom stereocenters. The highest BCUT2D eigenvalue weighted by atomic mass is 16.5. The fourth-order valence-electron chi connectivity index (χ4n) is 2.69. The third-order valence-corrected chi connectivity index (χ3v) is 4.00. The van der Waals surface area contributed by atoms with Crippen LogP contribution in [0.5, 0.6) is 0 Å². The van der Waals surface area contributed by atoms with Crippen molar-refractivity contribution in [2.75, 3.05) is 33.4 Å². The molecule has 1 aromatic rings. The van der Waals surface area contributed by atoms with Crippen molar-refractivity contribution in [2.24, 2.45) is 0 Å². The zero-order chi connectivity index (χ0) is 15.8. The second kappa shape index (κ2) is 9.00. The molecule has 122 valence electrons. The van der Waals surface area contributed by atoms with E-state index in [1.54, 1.807) is 7.11 Å². The number of carbonyl (C=O) groups is 1. The van der Waals surface area contributed by atoms with Crippen molar-refractivity contribution in [3.63, 3.8) is 0 Å². The van der Waals surface area contributed by atoms with Crippen LogP contribution in [-0.2, 0) is 17.6 Å². The second-order valence-electron chi connectivity index (χ2n) is 5.66. The van der Waals surface area contributed by atoms with Gasteiger partial charge in [-0.2, -0.15) is 0 Å². The van der Waals surface area contributed by atoms with Gasteiger partial charge in [0.25, 0.3) is 0 Å². The summed E-state index contributed by atoms with van der Waals surface area (Å²) in [6.45, 7) is 3.09. The van der Waals surface area contributed by atoms with Crippen molar-refractivity contribution in [3.05, 3.63) is 34.9 Å². The first kappa shape index (κ1) is 17.1. The summed E-state index contributed by atoms with van der Waals surface area (Å²) < 4.78 is 4.90. The van der Waals surface area contributed by atoms with E-state index in [2.05, 4.69) is 16.7 Å². The number of ether oxygens (including phenoxy) is 1.